The summed E-state index contributed by atoms with van der Waals surface area (Å²) in [4.78, 5) is 2.34. The van der Waals surface area contributed by atoms with Gasteiger partial charge in [0.25, 0.3) is 0 Å². The summed E-state index contributed by atoms with van der Waals surface area (Å²) in [6.45, 7) is 10.9. The number of rotatable bonds is 4. The summed E-state index contributed by atoms with van der Waals surface area (Å²) in [7, 11) is 0. The van der Waals surface area contributed by atoms with Crippen molar-refractivity contribution in [2.24, 2.45) is 0 Å². The van der Waals surface area contributed by atoms with Crippen molar-refractivity contribution in [1.29, 1.82) is 0 Å². The van der Waals surface area contributed by atoms with Gasteiger partial charge in [-0.25, -0.2) is 0 Å². The minimum Gasteiger partial charge on any atom is -0.368 e. The van der Waals surface area contributed by atoms with Crippen molar-refractivity contribution in [1.82, 2.24) is 5.16 Å². The van der Waals surface area contributed by atoms with Crippen LogP contribution in [0.5, 0.6) is 0 Å². The molecule has 0 N–H and O–H groups in total. The zero-order valence-corrected chi connectivity index (χ0v) is 14.1. The molecule has 0 spiro atoms. The predicted octanol–water partition coefficient (Wildman–Crippen LogP) is 4.28. The highest BCUT2D eigenvalue weighted by Gasteiger charge is 2.37. The number of anilines is 1. The van der Waals surface area contributed by atoms with Crippen LogP contribution in [0.2, 0.25) is 0 Å². The second kappa shape index (κ2) is 5.79. The molecule has 1 unspecified atom stereocenters. The summed E-state index contributed by atoms with van der Waals surface area (Å²) in [6.07, 6.45) is 5.12. The van der Waals surface area contributed by atoms with Crippen LogP contribution in [0.25, 0.3) is 0 Å². The predicted molar refractivity (Wildman–Crippen MR) is 90.6 cm³/mol. The molecule has 1 aliphatic carbocycles. The number of hydrogen-bond acceptors (Lipinski definition) is 3. The molecule has 0 aliphatic heterocycles. The van der Waals surface area contributed by atoms with Crippen LogP contribution < -0.4 is 4.90 Å². The second-order valence-corrected chi connectivity index (χ2v) is 6.67. The molecule has 3 heteroatoms. The summed E-state index contributed by atoms with van der Waals surface area (Å²) >= 11 is 0. The molecule has 0 saturated heterocycles. The van der Waals surface area contributed by atoms with E-state index in [9.17, 15) is 0 Å². The third kappa shape index (κ3) is 2.43. The summed E-state index contributed by atoms with van der Waals surface area (Å²) < 4.78 is 5.37. The molecule has 3 nitrogen and oxygen atoms in total. The average molecular weight is 298 g/mol. The minimum atomic E-state index is 0.0612. The third-order valence-corrected chi connectivity index (χ3v) is 5.24. The third-order valence-electron chi connectivity index (χ3n) is 5.24. The highest BCUT2D eigenvalue weighted by Crippen LogP contribution is 2.42. The van der Waals surface area contributed by atoms with Gasteiger partial charge in [0.15, 0.2) is 0 Å². The maximum absolute atomic E-state index is 5.37. The Morgan fingerprint density at radius 3 is 2.77 bits per heavy atom. The van der Waals surface area contributed by atoms with Gasteiger partial charge in [-0.2, -0.15) is 0 Å². The Morgan fingerprint density at radius 2 is 2.05 bits per heavy atom. The van der Waals surface area contributed by atoms with Crippen LogP contribution in [0.1, 0.15) is 49.6 Å². The molecule has 1 atom stereocenters. The van der Waals surface area contributed by atoms with Gasteiger partial charge >= 0.3 is 0 Å². The Kier molecular flexibility index (Phi) is 3.98. The molecule has 1 heterocycles. The van der Waals surface area contributed by atoms with Gasteiger partial charge in [-0.1, -0.05) is 30.3 Å². The van der Waals surface area contributed by atoms with E-state index in [2.05, 4.69) is 56.0 Å². The molecular formula is C19H26N2O. The molecule has 118 valence electrons. The largest absolute Gasteiger partial charge is 0.368 e. The fourth-order valence-corrected chi connectivity index (χ4v) is 3.84. The van der Waals surface area contributed by atoms with Gasteiger partial charge in [0.05, 0.1) is 0 Å². The zero-order chi connectivity index (χ0) is 15.7. The fraction of sp³-hybridized carbons (Fsp3) is 0.526. The molecule has 2 aromatic rings. The molecule has 1 aliphatic rings. The smallest absolute Gasteiger partial charge is 0.147 e. The Labute approximate surface area is 133 Å². The first-order valence-corrected chi connectivity index (χ1v) is 8.36. The fourth-order valence-electron chi connectivity index (χ4n) is 3.84. The van der Waals surface area contributed by atoms with E-state index < -0.39 is 0 Å². The van der Waals surface area contributed by atoms with E-state index in [1.54, 1.807) is 0 Å². The molecule has 1 aromatic heterocycles. The second-order valence-electron chi connectivity index (χ2n) is 6.67. The average Bonchev–Trinajstić information content (AvgIpc) is 2.99. The SMILES string of the molecule is CCN(CC)c1conc1C1(C)CCc2c(C)cccc2C1. The summed E-state index contributed by atoms with van der Waals surface area (Å²) in [5.41, 5.74) is 6.79. The molecule has 0 radical (unpaired) electrons. The van der Waals surface area contributed by atoms with Crippen LogP contribution >= 0.6 is 0 Å². The lowest BCUT2D eigenvalue weighted by molar-refractivity contribution is 0.349. The van der Waals surface area contributed by atoms with Gasteiger partial charge in [0.1, 0.15) is 17.6 Å². The standard InChI is InChI=1S/C19H26N2O/c1-5-21(6-2)17-13-22-20-18(17)19(4)11-10-16-14(3)8-7-9-15(16)12-19/h7-9,13H,5-6,10-12H2,1-4H3. The van der Waals surface area contributed by atoms with E-state index in [0.717, 1.165) is 38.0 Å². The molecule has 0 fully saturated rings. The number of fused-ring (bicyclic) bond motifs is 1. The van der Waals surface area contributed by atoms with Crippen LogP contribution in [0, 0.1) is 6.92 Å². The molecule has 0 bridgehead atoms. The Morgan fingerprint density at radius 1 is 1.27 bits per heavy atom. The van der Waals surface area contributed by atoms with Crippen LogP contribution in [0.4, 0.5) is 5.69 Å². The van der Waals surface area contributed by atoms with Gasteiger partial charge in [0, 0.05) is 18.5 Å². The molecular weight excluding hydrogens is 272 g/mol. The maximum Gasteiger partial charge on any atom is 0.147 e. The van der Waals surface area contributed by atoms with Gasteiger partial charge < -0.3 is 9.42 Å². The van der Waals surface area contributed by atoms with E-state index in [0.29, 0.717) is 0 Å². The van der Waals surface area contributed by atoms with Gasteiger partial charge in [0.2, 0.25) is 0 Å². The van der Waals surface area contributed by atoms with Crippen molar-refractivity contribution in [3.05, 3.63) is 46.8 Å². The quantitative estimate of drug-likeness (QED) is 0.844. The molecule has 0 saturated carbocycles. The van der Waals surface area contributed by atoms with Crippen LogP contribution in [0.3, 0.4) is 0 Å². The van der Waals surface area contributed by atoms with E-state index in [1.165, 1.54) is 22.4 Å². The number of hydrogen-bond donors (Lipinski definition) is 0. The topological polar surface area (TPSA) is 29.3 Å². The van der Waals surface area contributed by atoms with Crippen molar-refractivity contribution in [3.8, 4) is 0 Å². The Balaban J connectivity index is 1.98. The maximum atomic E-state index is 5.37. The van der Waals surface area contributed by atoms with Crippen LogP contribution in [-0.2, 0) is 18.3 Å². The number of aryl methyl sites for hydroxylation is 1. The summed E-state index contributed by atoms with van der Waals surface area (Å²) in [5.74, 6) is 0. The van der Waals surface area contributed by atoms with E-state index in [1.807, 2.05) is 6.26 Å². The Hall–Kier alpha value is -1.77. The summed E-state index contributed by atoms with van der Waals surface area (Å²) in [5, 5.41) is 4.41. The minimum absolute atomic E-state index is 0.0612. The van der Waals surface area contributed by atoms with E-state index in [4.69, 9.17) is 4.52 Å². The first-order valence-electron chi connectivity index (χ1n) is 8.36. The van der Waals surface area contributed by atoms with Crippen LogP contribution in [0.15, 0.2) is 29.0 Å². The van der Waals surface area contributed by atoms with E-state index >= 15 is 0 Å². The first-order chi connectivity index (χ1) is 10.6. The van der Waals surface area contributed by atoms with Crippen molar-refractivity contribution in [3.63, 3.8) is 0 Å². The lowest BCUT2D eigenvalue weighted by Gasteiger charge is -2.35. The monoisotopic (exact) mass is 298 g/mol. The van der Waals surface area contributed by atoms with Crippen LogP contribution in [-0.4, -0.2) is 18.2 Å². The van der Waals surface area contributed by atoms with Crippen molar-refractivity contribution < 1.29 is 4.52 Å². The number of nitrogens with zero attached hydrogens (tertiary/aromatic N) is 2. The number of benzene rings is 1. The normalized spacial score (nSPS) is 20.7. The highest BCUT2D eigenvalue weighted by molar-refractivity contribution is 5.53. The van der Waals surface area contributed by atoms with Gasteiger partial charge in [-0.05, 0) is 56.7 Å². The highest BCUT2D eigenvalue weighted by atomic mass is 16.5. The lowest BCUT2D eigenvalue weighted by atomic mass is 9.70. The number of aromatic nitrogens is 1. The lowest BCUT2D eigenvalue weighted by Crippen LogP contribution is -2.33. The molecule has 1 aromatic carbocycles. The Bertz CT molecular complexity index is 657. The molecule has 3 rings (SSSR count). The van der Waals surface area contributed by atoms with Crippen molar-refractivity contribution in [2.45, 2.75) is 52.4 Å². The van der Waals surface area contributed by atoms with Crippen molar-refractivity contribution >= 4 is 5.69 Å². The summed E-state index contributed by atoms with van der Waals surface area (Å²) in [6, 6.07) is 6.67. The molecule has 22 heavy (non-hydrogen) atoms. The molecule has 0 amide bonds. The first kappa shape index (κ1) is 15.1. The van der Waals surface area contributed by atoms with Crippen molar-refractivity contribution in [2.75, 3.05) is 18.0 Å². The van der Waals surface area contributed by atoms with E-state index in [-0.39, 0.29) is 5.41 Å². The van der Waals surface area contributed by atoms with Gasteiger partial charge in [-0.15, -0.1) is 0 Å². The zero-order valence-electron chi connectivity index (χ0n) is 14.1. The van der Waals surface area contributed by atoms with Gasteiger partial charge in [-0.3, -0.25) is 0 Å².